The van der Waals surface area contributed by atoms with Crippen LogP contribution in [0.15, 0.2) is 30.4 Å². The lowest BCUT2D eigenvalue weighted by atomic mass is 9.85. The van der Waals surface area contributed by atoms with Crippen LogP contribution in [0.25, 0.3) is 0 Å². The lowest BCUT2D eigenvalue weighted by Crippen LogP contribution is -2.39. The minimum Gasteiger partial charge on any atom is -0.370 e. The molecule has 1 aromatic carbocycles. The zero-order valence-corrected chi connectivity index (χ0v) is 16.7. The molecule has 164 valence electrons. The molecule has 2 bridgehead atoms. The number of likely N-dealkylation sites (tertiary alicyclic amines) is 1. The Morgan fingerprint density at radius 3 is 2.23 bits per heavy atom. The molecule has 1 aromatic rings. The minimum absolute atomic E-state index is 0.0322. The van der Waals surface area contributed by atoms with E-state index in [1.165, 1.54) is 6.07 Å². The number of hydrogen-bond acceptors (Lipinski definition) is 4. The van der Waals surface area contributed by atoms with Crippen molar-refractivity contribution < 1.29 is 27.6 Å². The fraction of sp³-hybridized carbons (Fsp3) is 0.500. The summed E-state index contributed by atoms with van der Waals surface area (Å²) in [5.41, 5.74) is -0.309. The quantitative estimate of drug-likeness (QED) is 0.586. The number of fused-ring (bicyclic) bond motifs is 5. The third-order valence-corrected chi connectivity index (χ3v) is 6.91. The van der Waals surface area contributed by atoms with Gasteiger partial charge in [0.15, 0.2) is 0 Å². The second-order valence-electron chi connectivity index (χ2n) is 8.73. The molecule has 9 heteroatoms. The standard InChI is InChI=1S/C22H22F3N3O3/c23-22(24,25)14-5-6-16(27-7-1-2-8-27)15(10-14)26-17(29)11-28-20(30)18-12-3-4-13(9-12)19(18)21(28)31/h3-6,10,12-13,18-19H,1-2,7-9,11H2,(H,26,29). The van der Waals surface area contributed by atoms with Crippen LogP contribution in [0, 0.1) is 23.7 Å². The molecule has 4 unspecified atom stereocenters. The van der Waals surface area contributed by atoms with Crippen LogP contribution in [0.4, 0.5) is 24.5 Å². The summed E-state index contributed by atoms with van der Waals surface area (Å²) in [5.74, 6) is -2.15. The van der Waals surface area contributed by atoms with Crippen molar-refractivity contribution in [1.82, 2.24) is 4.90 Å². The maximum Gasteiger partial charge on any atom is 0.416 e. The molecule has 1 saturated carbocycles. The zero-order chi connectivity index (χ0) is 21.9. The van der Waals surface area contributed by atoms with Gasteiger partial charge in [-0.15, -0.1) is 0 Å². The number of anilines is 2. The summed E-state index contributed by atoms with van der Waals surface area (Å²) in [7, 11) is 0. The Labute approximate surface area is 177 Å². The predicted molar refractivity (Wildman–Crippen MR) is 106 cm³/mol. The minimum atomic E-state index is -4.55. The maximum absolute atomic E-state index is 13.2. The van der Waals surface area contributed by atoms with Crippen LogP contribution in [0.2, 0.25) is 0 Å². The highest BCUT2D eigenvalue weighted by atomic mass is 19.4. The summed E-state index contributed by atoms with van der Waals surface area (Å²) in [6, 6.07) is 3.28. The van der Waals surface area contributed by atoms with Crippen molar-refractivity contribution in [3.63, 3.8) is 0 Å². The second kappa shape index (κ2) is 7.10. The first kappa shape index (κ1) is 20.1. The molecule has 0 spiro atoms. The third-order valence-electron chi connectivity index (χ3n) is 6.91. The third kappa shape index (κ3) is 3.30. The molecule has 2 aliphatic heterocycles. The second-order valence-corrected chi connectivity index (χ2v) is 8.73. The molecule has 3 fully saturated rings. The molecule has 0 aromatic heterocycles. The van der Waals surface area contributed by atoms with E-state index in [0.29, 0.717) is 18.8 Å². The summed E-state index contributed by atoms with van der Waals surface area (Å²) >= 11 is 0. The molecular weight excluding hydrogens is 411 g/mol. The number of carbonyl (C=O) groups excluding carboxylic acids is 3. The fourth-order valence-corrected chi connectivity index (χ4v) is 5.50. The Morgan fingerprint density at radius 2 is 1.65 bits per heavy atom. The van der Waals surface area contributed by atoms with Crippen molar-refractivity contribution >= 4 is 29.1 Å². The largest absolute Gasteiger partial charge is 0.416 e. The van der Waals surface area contributed by atoms with Crippen LogP contribution >= 0.6 is 0 Å². The van der Waals surface area contributed by atoms with Gasteiger partial charge in [-0.05, 0) is 49.3 Å². The van der Waals surface area contributed by atoms with Gasteiger partial charge in [0.25, 0.3) is 0 Å². The average molecular weight is 433 g/mol. The number of nitrogens with zero attached hydrogens (tertiary/aromatic N) is 2. The predicted octanol–water partition coefficient (Wildman–Crippen LogP) is 3.05. The molecule has 3 amide bonds. The monoisotopic (exact) mass is 433 g/mol. The Balaban J connectivity index is 1.35. The lowest BCUT2D eigenvalue weighted by molar-refractivity contribution is -0.143. The van der Waals surface area contributed by atoms with Crippen LogP contribution in [0.3, 0.4) is 0 Å². The normalized spacial score (nSPS) is 29.3. The van der Waals surface area contributed by atoms with Gasteiger partial charge in [-0.1, -0.05) is 12.2 Å². The number of imide groups is 1. The van der Waals surface area contributed by atoms with Crippen LogP contribution in [-0.4, -0.2) is 42.3 Å². The first-order valence-electron chi connectivity index (χ1n) is 10.5. The van der Waals surface area contributed by atoms with Gasteiger partial charge in [0.05, 0.1) is 28.8 Å². The van der Waals surface area contributed by atoms with Crippen molar-refractivity contribution in [2.24, 2.45) is 23.7 Å². The summed E-state index contributed by atoms with van der Waals surface area (Å²) in [5, 5.41) is 2.53. The van der Waals surface area contributed by atoms with Gasteiger partial charge in [-0.3, -0.25) is 19.3 Å². The summed E-state index contributed by atoms with van der Waals surface area (Å²) in [6.07, 6.45) is 2.01. The smallest absolute Gasteiger partial charge is 0.370 e. The maximum atomic E-state index is 13.2. The molecule has 2 heterocycles. The van der Waals surface area contributed by atoms with Crippen molar-refractivity contribution in [2.75, 3.05) is 29.9 Å². The van der Waals surface area contributed by atoms with E-state index >= 15 is 0 Å². The number of hydrogen-bond donors (Lipinski definition) is 1. The van der Waals surface area contributed by atoms with Crippen molar-refractivity contribution in [1.29, 1.82) is 0 Å². The fourth-order valence-electron chi connectivity index (χ4n) is 5.50. The van der Waals surface area contributed by atoms with E-state index in [9.17, 15) is 27.6 Å². The Morgan fingerprint density at radius 1 is 1.03 bits per heavy atom. The van der Waals surface area contributed by atoms with Crippen LogP contribution in [-0.2, 0) is 20.6 Å². The Bertz CT molecular complexity index is 954. The molecular formula is C22H22F3N3O3. The number of alkyl halides is 3. The van der Waals surface area contributed by atoms with Crippen LogP contribution in [0.1, 0.15) is 24.8 Å². The molecule has 1 N–H and O–H groups in total. The van der Waals surface area contributed by atoms with Gasteiger partial charge < -0.3 is 10.2 Å². The van der Waals surface area contributed by atoms with E-state index < -0.39 is 36.0 Å². The molecule has 2 aliphatic carbocycles. The highest BCUT2D eigenvalue weighted by Gasteiger charge is 2.59. The number of carbonyl (C=O) groups is 3. The first-order chi connectivity index (χ1) is 14.7. The van der Waals surface area contributed by atoms with Gasteiger partial charge in [-0.25, -0.2) is 0 Å². The number of benzene rings is 1. The lowest BCUT2D eigenvalue weighted by Gasteiger charge is -2.23. The average Bonchev–Trinajstić information content (AvgIpc) is 3.49. The topological polar surface area (TPSA) is 69.7 Å². The Hall–Kier alpha value is -2.84. The molecule has 5 rings (SSSR count). The number of amides is 3. The number of nitrogens with one attached hydrogen (secondary N) is 1. The Kier molecular flexibility index (Phi) is 4.60. The van der Waals surface area contributed by atoms with E-state index in [4.69, 9.17) is 0 Å². The molecule has 31 heavy (non-hydrogen) atoms. The van der Waals surface area contributed by atoms with Gasteiger partial charge in [0.1, 0.15) is 6.54 Å². The van der Waals surface area contributed by atoms with Gasteiger partial charge >= 0.3 is 6.18 Å². The van der Waals surface area contributed by atoms with Gasteiger partial charge in [0, 0.05) is 13.1 Å². The molecule has 0 radical (unpaired) electrons. The van der Waals surface area contributed by atoms with Gasteiger partial charge in [0.2, 0.25) is 17.7 Å². The van der Waals surface area contributed by atoms with Crippen molar-refractivity contribution in [3.8, 4) is 0 Å². The van der Waals surface area contributed by atoms with Crippen LogP contribution in [0.5, 0.6) is 0 Å². The SMILES string of the molecule is O=C(CN1C(=O)C2C3C=CC(C3)C2C1=O)Nc1cc(C(F)(F)F)ccc1N1CCCC1. The first-order valence-corrected chi connectivity index (χ1v) is 10.5. The van der Waals surface area contributed by atoms with Crippen LogP contribution < -0.4 is 10.2 Å². The number of halogens is 3. The van der Waals surface area contributed by atoms with E-state index in [1.807, 2.05) is 17.1 Å². The van der Waals surface area contributed by atoms with Gasteiger partial charge in [-0.2, -0.15) is 13.2 Å². The summed E-state index contributed by atoms with van der Waals surface area (Å²) in [4.78, 5) is 41.2. The zero-order valence-electron chi connectivity index (χ0n) is 16.7. The van der Waals surface area contributed by atoms with E-state index in [2.05, 4.69) is 5.32 Å². The molecule has 4 atom stereocenters. The van der Waals surface area contributed by atoms with E-state index in [0.717, 1.165) is 36.3 Å². The molecule has 6 nitrogen and oxygen atoms in total. The van der Waals surface area contributed by atoms with Crippen molar-refractivity contribution in [2.45, 2.75) is 25.4 Å². The number of rotatable bonds is 4. The highest BCUT2D eigenvalue weighted by Crippen LogP contribution is 2.52. The highest BCUT2D eigenvalue weighted by molar-refractivity contribution is 6.10. The van der Waals surface area contributed by atoms with E-state index in [-0.39, 0.29) is 29.3 Å². The summed E-state index contributed by atoms with van der Waals surface area (Å²) in [6.45, 7) is 0.896. The molecule has 2 saturated heterocycles. The molecule has 4 aliphatic rings. The summed E-state index contributed by atoms with van der Waals surface area (Å²) < 4.78 is 39.7. The van der Waals surface area contributed by atoms with E-state index in [1.54, 1.807) is 0 Å². The number of allylic oxidation sites excluding steroid dienone is 2. The van der Waals surface area contributed by atoms with Crippen molar-refractivity contribution in [3.05, 3.63) is 35.9 Å².